The van der Waals surface area contributed by atoms with Crippen molar-refractivity contribution in [2.75, 3.05) is 13.2 Å². The van der Waals surface area contributed by atoms with Crippen LogP contribution < -0.4 is 0 Å². The van der Waals surface area contributed by atoms with Crippen LogP contribution in [0.15, 0.2) is 134 Å². The molecule has 0 radical (unpaired) electrons. The molecule has 0 rings (SSSR count). The highest BCUT2D eigenvalue weighted by Crippen LogP contribution is 2.14. The van der Waals surface area contributed by atoms with E-state index < -0.39 is 6.10 Å². The van der Waals surface area contributed by atoms with Crippen molar-refractivity contribution in [3.05, 3.63) is 134 Å². The fourth-order valence-corrected chi connectivity index (χ4v) is 7.67. The van der Waals surface area contributed by atoms with Gasteiger partial charge >= 0.3 is 17.9 Å². The summed E-state index contributed by atoms with van der Waals surface area (Å²) < 4.78 is 16.8. The van der Waals surface area contributed by atoms with Crippen LogP contribution in [0.2, 0.25) is 0 Å². The third-order valence-electron chi connectivity index (χ3n) is 12.1. The highest BCUT2D eigenvalue weighted by molar-refractivity contribution is 5.71. The summed E-state index contributed by atoms with van der Waals surface area (Å²) in [4.78, 5) is 38.2. The van der Waals surface area contributed by atoms with Crippen molar-refractivity contribution < 1.29 is 28.6 Å². The lowest BCUT2D eigenvalue weighted by atomic mass is 10.1. The molecule has 0 aromatic heterocycles. The molecule has 1 atom stereocenters. The first-order valence-corrected chi connectivity index (χ1v) is 29.3. The maximum atomic E-state index is 12.9. The summed E-state index contributed by atoms with van der Waals surface area (Å²) in [5.41, 5.74) is 0. The van der Waals surface area contributed by atoms with Crippen molar-refractivity contribution >= 4 is 17.9 Å². The zero-order valence-corrected chi connectivity index (χ0v) is 46.4. The van der Waals surface area contributed by atoms with Crippen molar-refractivity contribution in [1.29, 1.82) is 0 Å². The van der Waals surface area contributed by atoms with Crippen molar-refractivity contribution in [3.63, 3.8) is 0 Å². The Kier molecular flexibility index (Phi) is 55.5. The first kappa shape index (κ1) is 67.5. The molecule has 406 valence electrons. The van der Waals surface area contributed by atoms with Crippen LogP contribution in [0.25, 0.3) is 0 Å². The molecule has 0 bridgehead atoms. The smallest absolute Gasteiger partial charge is 0.306 e. The highest BCUT2D eigenvalue weighted by Gasteiger charge is 2.19. The number of carbonyl (C=O) groups excluding carboxylic acids is 3. The van der Waals surface area contributed by atoms with Gasteiger partial charge in [0.1, 0.15) is 13.2 Å². The van der Waals surface area contributed by atoms with E-state index in [1.807, 2.05) is 72.9 Å². The van der Waals surface area contributed by atoms with E-state index in [0.717, 1.165) is 77.0 Å². The van der Waals surface area contributed by atoms with Gasteiger partial charge in [-0.2, -0.15) is 0 Å². The fourth-order valence-electron chi connectivity index (χ4n) is 7.67. The number of ether oxygens (including phenoxy) is 3. The second kappa shape index (κ2) is 59.1. The molecule has 0 fully saturated rings. The Morgan fingerprint density at radius 1 is 0.306 bits per heavy atom. The molecule has 0 aromatic rings. The SMILES string of the molecule is CC\C=C/C=C\C=C/C=C\C=C\C=C/C=C\CCCCCC(=O)OCC(COC(=O)CCC/C=C\C/C=C\C/C=C\CCCCCCCC)OC(=O)CCCCCCC/C=C\CCCCCCCCCCC. The van der Waals surface area contributed by atoms with E-state index in [9.17, 15) is 14.4 Å². The predicted octanol–water partition coefficient (Wildman–Crippen LogP) is 19.8. The minimum atomic E-state index is -0.828. The molecule has 0 saturated carbocycles. The van der Waals surface area contributed by atoms with Crippen LogP contribution in [0.4, 0.5) is 0 Å². The summed E-state index contributed by atoms with van der Waals surface area (Å²) in [6.07, 6.45) is 83.0. The summed E-state index contributed by atoms with van der Waals surface area (Å²) in [5, 5.41) is 0. The minimum Gasteiger partial charge on any atom is -0.462 e. The third kappa shape index (κ3) is 56.5. The summed E-state index contributed by atoms with van der Waals surface area (Å²) in [7, 11) is 0. The third-order valence-corrected chi connectivity index (χ3v) is 12.1. The van der Waals surface area contributed by atoms with E-state index in [0.29, 0.717) is 25.7 Å². The molecule has 1 unspecified atom stereocenters. The van der Waals surface area contributed by atoms with E-state index in [1.165, 1.54) is 116 Å². The average molecular weight is 996 g/mol. The van der Waals surface area contributed by atoms with E-state index in [2.05, 4.69) is 81.5 Å². The molecule has 72 heavy (non-hydrogen) atoms. The molecule has 0 amide bonds. The van der Waals surface area contributed by atoms with Gasteiger partial charge in [0.15, 0.2) is 6.10 Å². The Balaban J connectivity index is 4.59. The second-order valence-corrected chi connectivity index (χ2v) is 19.0. The van der Waals surface area contributed by atoms with E-state index in [4.69, 9.17) is 14.2 Å². The lowest BCUT2D eigenvalue weighted by Gasteiger charge is -2.18. The zero-order valence-electron chi connectivity index (χ0n) is 46.4. The first-order chi connectivity index (χ1) is 35.5. The van der Waals surface area contributed by atoms with Gasteiger partial charge in [-0.1, -0.05) is 264 Å². The summed E-state index contributed by atoms with van der Waals surface area (Å²) >= 11 is 0. The standard InChI is InChI=1S/C66H106O6/c1-4-7-10-13-16-19-22-25-28-31-33-36-38-41-44-47-50-53-56-59-65(68)71-62-63(61-70-64(67)58-55-52-49-46-43-40-37-34-30-27-24-21-18-15-12-9-6-3)72-66(69)60-57-54-51-48-45-42-39-35-32-29-26-23-20-17-14-11-8-5-2/h7,10,13,16,19,22,25,27-28,30-31,33,35-41,44,46,49,63H,4-6,8-9,11-12,14-15,17-18,20-21,23-24,26,29,32,34,42-43,45,47-48,50-62H2,1-3H3/b10-7-,16-13-,22-19-,28-25-,30-27-,33-31+,38-36-,39-35-,40-37-,44-41-,49-46-. The van der Waals surface area contributed by atoms with Crippen LogP contribution in [0.3, 0.4) is 0 Å². The lowest BCUT2D eigenvalue weighted by molar-refractivity contribution is -0.167. The molecule has 0 spiro atoms. The summed E-state index contributed by atoms with van der Waals surface area (Å²) in [6, 6.07) is 0. The summed E-state index contributed by atoms with van der Waals surface area (Å²) in [6.45, 7) is 6.40. The molecule has 0 heterocycles. The largest absolute Gasteiger partial charge is 0.462 e. The second-order valence-electron chi connectivity index (χ2n) is 19.0. The maximum Gasteiger partial charge on any atom is 0.306 e. The van der Waals surface area contributed by atoms with Gasteiger partial charge in [0.25, 0.3) is 0 Å². The van der Waals surface area contributed by atoms with Crippen LogP contribution in [0, 0.1) is 0 Å². The molecule has 0 aliphatic heterocycles. The number of esters is 3. The Bertz CT molecular complexity index is 1560. The monoisotopic (exact) mass is 995 g/mol. The van der Waals surface area contributed by atoms with Gasteiger partial charge in [0.2, 0.25) is 0 Å². The first-order valence-electron chi connectivity index (χ1n) is 29.3. The number of allylic oxidation sites excluding steroid dienone is 22. The van der Waals surface area contributed by atoms with Crippen LogP contribution in [-0.2, 0) is 28.6 Å². The van der Waals surface area contributed by atoms with Crippen LogP contribution >= 0.6 is 0 Å². The van der Waals surface area contributed by atoms with Crippen molar-refractivity contribution in [3.8, 4) is 0 Å². The number of hydrogen-bond donors (Lipinski definition) is 0. The Labute approximate surface area is 443 Å². The Morgan fingerprint density at radius 3 is 1.06 bits per heavy atom. The number of hydrogen-bond acceptors (Lipinski definition) is 6. The van der Waals surface area contributed by atoms with Crippen LogP contribution in [0.5, 0.6) is 0 Å². The van der Waals surface area contributed by atoms with Crippen LogP contribution in [0.1, 0.15) is 245 Å². The van der Waals surface area contributed by atoms with Gasteiger partial charge in [0.05, 0.1) is 0 Å². The van der Waals surface area contributed by atoms with Gasteiger partial charge in [-0.05, 0) is 96.3 Å². The van der Waals surface area contributed by atoms with Gasteiger partial charge < -0.3 is 14.2 Å². The van der Waals surface area contributed by atoms with Gasteiger partial charge in [0, 0.05) is 19.3 Å². The number of unbranched alkanes of at least 4 members (excludes halogenated alkanes) is 24. The topological polar surface area (TPSA) is 78.9 Å². The van der Waals surface area contributed by atoms with E-state index >= 15 is 0 Å². The Hall–Kier alpha value is -4.45. The highest BCUT2D eigenvalue weighted by atomic mass is 16.6. The number of carbonyl (C=O) groups is 3. The normalized spacial score (nSPS) is 13.1. The van der Waals surface area contributed by atoms with Crippen molar-refractivity contribution in [1.82, 2.24) is 0 Å². The molecule has 0 N–H and O–H groups in total. The predicted molar refractivity (Wildman–Crippen MR) is 311 cm³/mol. The van der Waals surface area contributed by atoms with Gasteiger partial charge in [-0.25, -0.2) is 0 Å². The molecule has 0 aliphatic rings. The molecular formula is C66H106O6. The molecule has 6 heteroatoms. The summed E-state index contributed by atoms with van der Waals surface area (Å²) in [5.74, 6) is -1.03. The fraction of sp³-hybridized carbons (Fsp3) is 0.621. The quantitative estimate of drug-likeness (QED) is 0.0199. The van der Waals surface area contributed by atoms with E-state index in [-0.39, 0.29) is 37.5 Å². The molecule has 0 aliphatic carbocycles. The maximum absolute atomic E-state index is 12.9. The molecular weight excluding hydrogens is 889 g/mol. The van der Waals surface area contributed by atoms with Crippen molar-refractivity contribution in [2.45, 2.75) is 252 Å². The van der Waals surface area contributed by atoms with Crippen LogP contribution in [-0.4, -0.2) is 37.2 Å². The molecule has 6 nitrogen and oxygen atoms in total. The zero-order chi connectivity index (χ0) is 52.2. The lowest BCUT2D eigenvalue weighted by Crippen LogP contribution is -2.30. The number of rotatable bonds is 51. The molecule has 0 saturated heterocycles. The average Bonchev–Trinajstić information content (AvgIpc) is 3.38. The van der Waals surface area contributed by atoms with E-state index in [1.54, 1.807) is 0 Å². The Morgan fingerprint density at radius 2 is 0.611 bits per heavy atom. The van der Waals surface area contributed by atoms with Crippen molar-refractivity contribution in [2.24, 2.45) is 0 Å². The van der Waals surface area contributed by atoms with Gasteiger partial charge in [-0.3, -0.25) is 14.4 Å². The van der Waals surface area contributed by atoms with Gasteiger partial charge in [-0.15, -0.1) is 0 Å². The molecule has 0 aromatic carbocycles. The minimum absolute atomic E-state index is 0.125.